The molecule has 33 heavy (non-hydrogen) atoms. The van der Waals surface area contributed by atoms with Gasteiger partial charge in [0.25, 0.3) is 5.91 Å². The molecule has 9 heteroatoms. The smallest absolute Gasteiger partial charge is 0.387 e. The lowest BCUT2D eigenvalue weighted by Crippen LogP contribution is -2.30. The third-order valence-electron chi connectivity index (χ3n) is 5.67. The fourth-order valence-corrected chi connectivity index (χ4v) is 4.17. The number of halogens is 2. The number of hydrogen-bond acceptors (Lipinski definition) is 4. The number of H-pyrrole nitrogens is 1. The van der Waals surface area contributed by atoms with Crippen LogP contribution in [-0.2, 0) is 0 Å². The lowest BCUT2D eigenvalue weighted by atomic mass is 10.1. The zero-order chi connectivity index (χ0) is 23.1. The Morgan fingerprint density at radius 1 is 1.21 bits per heavy atom. The van der Waals surface area contributed by atoms with Crippen molar-refractivity contribution in [3.8, 4) is 23.3 Å². The Morgan fingerprint density at radius 3 is 2.76 bits per heavy atom. The highest BCUT2D eigenvalue weighted by atomic mass is 19.3. The van der Waals surface area contributed by atoms with E-state index < -0.39 is 6.61 Å². The van der Waals surface area contributed by atoms with Crippen LogP contribution in [0, 0.1) is 11.8 Å². The van der Waals surface area contributed by atoms with Crippen molar-refractivity contribution in [2.24, 2.45) is 0 Å². The van der Waals surface area contributed by atoms with E-state index in [1.807, 2.05) is 25.1 Å². The summed E-state index contributed by atoms with van der Waals surface area (Å²) in [5.74, 6) is 6.31. The van der Waals surface area contributed by atoms with E-state index in [4.69, 9.17) is 9.72 Å². The van der Waals surface area contributed by atoms with Crippen molar-refractivity contribution in [1.82, 2.24) is 24.6 Å². The summed E-state index contributed by atoms with van der Waals surface area (Å²) in [4.78, 5) is 19.6. The van der Waals surface area contributed by atoms with Gasteiger partial charge in [0.05, 0.1) is 34.4 Å². The summed E-state index contributed by atoms with van der Waals surface area (Å²) in [6.45, 7) is -1.09. The number of nitrogens with one attached hydrogen (secondary N) is 1. The zero-order valence-corrected chi connectivity index (χ0v) is 17.8. The van der Waals surface area contributed by atoms with Crippen molar-refractivity contribution < 1.29 is 18.3 Å². The molecule has 1 N–H and O–H groups in total. The number of carbonyl (C=O) groups is 1. The molecule has 1 amide bonds. The average molecular weight is 447 g/mol. The molecule has 0 radical (unpaired) electrons. The summed E-state index contributed by atoms with van der Waals surface area (Å²) in [7, 11) is 1.69. The van der Waals surface area contributed by atoms with E-state index >= 15 is 0 Å². The molecule has 0 aliphatic carbocycles. The van der Waals surface area contributed by atoms with Gasteiger partial charge in [-0.3, -0.25) is 14.5 Å². The molecule has 5 rings (SSSR count). The van der Waals surface area contributed by atoms with Gasteiger partial charge in [-0.1, -0.05) is 24.8 Å². The second kappa shape index (κ2) is 8.06. The van der Waals surface area contributed by atoms with Crippen LogP contribution < -0.4 is 4.74 Å². The Balaban J connectivity index is 1.80. The minimum Gasteiger partial charge on any atom is -0.433 e. The van der Waals surface area contributed by atoms with E-state index in [2.05, 4.69) is 22.0 Å². The predicted octanol–water partition coefficient (Wildman–Crippen LogP) is 4.29. The topological polar surface area (TPSA) is 76.0 Å². The van der Waals surface area contributed by atoms with Crippen LogP contribution in [-0.4, -0.2) is 44.2 Å². The van der Waals surface area contributed by atoms with E-state index in [0.717, 1.165) is 5.56 Å². The van der Waals surface area contributed by atoms with Gasteiger partial charge in [-0.05, 0) is 36.8 Å². The van der Waals surface area contributed by atoms with E-state index in [1.165, 1.54) is 12.1 Å². The Hall–Kier alpha value is -4.19. The summed E-state index contributed by atoms with van der Waals surface area (Å²) >= 11 is 0. The van der Waals surface area contributed by atoms with Gasteiger partial charge < -0.3 is 9.64 Å². The Kier molecular flexibility index (Phi) is 5.05. The van der Waals surface area contributed by atoms with Crippen LogP contribution in [0.1, 0.15) is 46.7 Å². The van der Waals surface area contributed by atoms with Gasteiger partial charge in [0.1, 0.15) is 11.5 Å². The number of fused-ring (bicyclic) bond motifs is 5. The summed E-state index contributed by atoms with van der Waals surface area (Å²) < 4.78 is 33.1. The zero-order valence-electron chi connectivity index (χ0n) is 17.8. The van der Waals surface area contributed by atoms with Crippen molar-refractivity contribution in [2.75, 3.05) is 7.05 Å². The molecule has 0 saturated heterocycles. The number of alkyl halides is 2. The number of benzene rings is 2. The van der Waals surface area contributed by atoms with Gasteiger partial charge in [0.2, 0.25) is 0 Å². The molecule has 2 aromatic carbocycles. The minimum atomic E-state index is -3.04. The molecular formula is C24H19F2N5O2. The minimum absolute atomic E-state index is 0.0866. The predicted molar refractivity (Wildman–Crippen MR) is 117 cm³/mol. The number of amides is 1. The van der Waals surface area contributed by atoms with Gasteiger partial charge in [-0.25, -0.2) is 4.98 Å². The summed E-state index contributed by atoms with van der Waals surface area (Å²) in [5.41, 5.74) is 3.27. The average Bonchev–Trinajstić information content (AvgIpc) is 3.43. The first-order chi connectivity index (χ1) is 16.0. The summed E-state index contributed by atoms with van der Waals surface area (Å²) in [6.07, 6.45) is 3.90. The van der Waals surface area contributed by atoms with Crippen molar-refractivity contribution in [1.29, 1.82) is 0 Å². The maximum Gasteiger partial charge on any atom is 0.387 e. The highest BCUT2D eigenvalue weighted by Crippen LogP contribution is 2.40. The monoisotopic (exact) mass is 447 g/mol. The van der Waals surface area contributed by atoms with Crippen molar-refractivity contribution in [3.63, 3.8) is 0 Å². The molecule has 1 atom stereocenters. The van der Waals surface area contributed by atoms with E-state index in [0.29, 0.717) is 28.8 Å². The highest BCUT2D eigenvalue weighted by molar-refractivity contribution is 6.00. The first kappa shape index (κ1) is 20.7. The van der Waals surface area contributed by atoms with E-state index in [1.54, 1.807) is 35.0 Å². The number of rotatable bonds is 3. The third kappa shape index (κ3) is 3.49. The summed E-state index contributed by atoms with van der Waals surface area (Å²) in [5, 5.41) is 6.59. The number of aromatic nitrogens is 4. The van der Waals surface area contributed by atoms with Crippen molar-refractivity contribution >= 4 is 16.9 Å². The molecule has 0 bridgehead atoms. The number of aromatic amines is 1. The second-order valence-electron chi connectivity index (χ2n) is 7.62. The van der Waals surface area contributed by atoms with Gasteiger partial charge in [0.15, 0.2) is 5.75 Å². The molecular weight excluding hydrogens is 428 g/mol. The van der Waals surface area contributed by atoms with Crippen LogP contribution in [0.5, 0.6) is 5.75 Å². The van der Waals surface area contributed by atoms with Gasteiger partial charge in [-0.2, -0.15) is 13.9 Å². The molecule has 0 spiro atoms. The number of ether oxygens (including phenoxy) is 1. The fraction of sp³-hybridized carbons (Fsp3) is 0.208. The molecule has 1 aliphatic heterocycles. The Bertz CT molecular complexity index is 1420. The fourth-order valence-electron chi connectivity index (χ4n) is 4.17. The number of para-hydroxylation sites is 1. The maximum absolute atomic E-state index is 13.3. The van der Waals surface area contributed by atoms with Gasteiger partial charge >= 0.3 is 6.61 Å². The molecule has 0 fully saturated rings. The molecule has 1 unspecified atom stereocenters. The van der Waals surface area contributed by atoms with Crippen molar-refractivity contribution in [2.45, 2.75) is 26.0 Å². The molecule has 7 nitrogen and oxygen atoms in total. The molecule has 2 aromatic heterocycles. The van der Waals surface area contributed by atoms with Gasteiger partial charge in [-0.15, -0.1) is 0 Å². The van der Waals surface area contributed by atoms with Crippen molar-refractivity contribution in [3.05, 3.63) is 71.3 Å². The normalized spacial score (nSPS) is 15.1. The summed E-state index contributed by atoms with van der Waals surface area (Å²) in [6, 6.07) is 9.75. The lowest BCUT2D eigenvalue weighted by molar-refractivity contribution is -0.0498. The van der Waals surface area contributed by atoms with Crippen LogP contribution in [0.25, 0.3) is 16.7 Å². The third-order valence-corrected chi connectivity index (χ3v) is 5.67. The highest BCUT2D eigenvalue weighted by Gasteiger charge is 2.35. The number of nitrogens with zero attached hydrogens (tertiary/aromatic N) is 4. The molecule has 1 aliphatic rings. The first-order valence-electron chi connectivity index (χ1n) is 10.4. The number of imidazole rings is 1. The molecule has 166 valence electrons. The number of hydrogen-bond donors (Lipinski definition) is 1. The quantitative estimate of drug-likeness (QED) is 0.476. The van der Waals surface area contributed by atoms with Crippen LogP contribution in [0.4, 0.5) is 8.78 Å². The van der Waals surface area contributed by atoms with Crippen LogP contribution >= 0.6 is 0 Å². The standard InChI is InChI=1S/C24H19F2N5O2/c1-3-18-22-29-17-10-9-14(7-8-15-12-27-28-13-15)11-19(17)31(22)21-16(23(32)30(18)2)5-4-6-20(21)33-24(25)26/h4-6,9-13,18,24H,3H2,1-2H3,(H,27,28). The maximum atomic E-state index is 13.3. The van der Waals surface area contributed by atoms with E-state index in [9.17, 15) is 13.6 Å². The number of carbonyl (C=O) groups excluding carboxylic acids is 1. The Labute approximate surface area is 188 Å². The Morgan fingerprint density at radius 2 is 2.03 bits per heavy atom. The van der Waals surface area contributed by atoms with Crippen LogP contribution in [0.3, 0.4) is 0 Å². The molecule has 0 saturated carbocycles. The van der Waals surface area contributed by atoms with E-state index in [-0.39, 0.29) is 28.9 Å². The largest absolute Gasteiger partial charge is 0.433 e. The SMILES string of the molecule is CCC1c2nc3ccc(C#Cc4cn[nH]c4)cc3n2-c2c(OC(F)F)cccc2C(=O)N1C. The van der Waals surface area contributed by atoms with Gasteiger partial charge in [0, 0.05) is 18.8 Å². The van der Waals surface area contributed by atoms with Crippen LogP contribution in [0.2, 0.25) is 0 Å². The lowest BCUT2D eigenvalue weighted by Gasteiger charge is -2.24. The van der Waals surface area contributed by atoms with Crippen LogP contribution in [0.15, 0.2) is 48.8 Å². The second-order valence-corrected chi connectivity index (χ2v) is 7.62. The molecule has 4 aromatic rings. The molecule has 3 heterocycles. The first-order valence-corrected chi connectivity index (χ1v) is 10.4.